The maximum Gasteiger partial charge on any atom is 0.338 e. The van der Waals surface area contributed by atoms with Crippen LogP contribution in [0, 0.1) is 0 Å². The molecular weight excluding hydrogens is 458 g/mol. The molecule has 0 fully saturated rings. The fourth-order valence-electron chi connectivity index (χ4n) is 2.03. The highest BCUT2D eigenvalue weighted by Crippen LogP contribution is 2.41. The summed E-state index contributed by atoms with van der Waals surface area (Å²) < 4.78 is 0. The molecule has 0 unspecified atom stereocenters. The summed E-state index contributed by atoms with van der Waals surface area (Å²) in [6, 6.07) is 6.44. The van der Waals surface area contributed by atoms with Crippen LogP contribution in [0.25, 0.3) is 0 Å². The van der Waals surface area contributed by atoms with Gasteiger partial charge in [0.2, 0.25) is 5.91 Å². The number of halogens is 4. The Morgan fingerprint density at radius 2 is 1.44 bits per heavy atom. The van der Waals surface area contributed by atoms with Gasteiger partial charge in [-0.1, -0.05) is 46.4 Å². The number of carbonyl (C=O) groups excluding carboxylic acids is 2. The van der Waals surface area contributed by atoms with Crippen LogP contribution in [-0.2, 0) is 4.79 Å². The number of benzene rings is 2. The molecule has 2 aromatic rings. The van der Waals surface area contributed by atoms with E-state index >= 15 is 0 Å². The molecule has 0 aliphatic rings. The molecule has 27 heavy (non-hydrogen) atoms. The second kappa shape index (κ2) is 9.03. The molecule has 0 spiro atoms. The lowest BCUT2D eigenvalue weighted by Gasteiger charge is -2.14. The third kappa shape index (κ3) is 5.00. The first-order chi connectivity index (χ1) is 12.6. The molecule has 11 heteroatoms. The van der Waals surface area contributed by atoms with Crippen LogP contribution in [0.15, 0.2) is 29.2 Å². The largest absolute Gasteiger partial charge is 0.478 e. The number of primary amides is 1. The molecule has 0 aromatic heterocycles. The molecule has 2 amide bonds. The molecule has 0 atom stereocenters. The minimum atomic E-state index is -1.48. The molecule has 0 heterocycles. The number of thioether (sulfide) groups is 1. The number of carboxylic acid groups (broad SMARTS) is 1. The van der Waals surface area contributed by atoms with Gasteiger partial charge < -0.3 is 16.2 Å². The first-order valence-electron chi connectivity index (χ1n) is 7.05. The molecule has 0 saturated heterocycles. The van der Waals surface area contributed by atoms with Gasteiger partial charge in [-0.25, -0.2) is 4.79 Å². The maximum absolute atomic E-state index is 12.6. The summed E-state index contributed by atoms with van der Waals surface area (Å²) in [6.07, 6.45) is 0. The van der Waals surface area contributed by atoms with Crippen molar-refractivity contribution in [3.8, 4) is 0 Å². The van der Waals surface area contributed by atoms with Crippen molar-refractivity contribution in [1.82, 2.24) is 0 Å². The Balaban J connectivity index is 2.33. The van der Waals surface area contributed by atoms with Crippen LogP contribution in [-0.4, -0.2) is 28.6 Å². The van der Waals surface area contributed by atoms with Crippen LogP contribution in [0.2, 0.25) is 20.1 Å². The number of carboxylic acids is 1. The van der Waals surface area contributed by atoms with E-state index in [1.165, 1.54) is 11.8 Å². The number of carbonyl (C=O) groups is 3. The topological polar surface area (TPSA) is 109 Å². The third-order valence-electron chi connectivity index (χ3n) is 3.20. The molecule has 0 aliphatic carbocycles. The minimum absolute atomic E-state index is 0.116. The van der Waals surface area contributed by atoms with Crippen LogP contribution < -0.4 is 11.1 Å². The zero-order chi connectivity index (χ0) is 20.3. The molecule has 0 aliphatic heterocycles. The fourth-order valence-corrected chi connectivity index (χ4v) is 3.69. The van der Waals surface area contributed by atoms with Gasteiger partial charge in [0.05, 0.1) is 37.0 Å². The number of nitrogens with one attached hydrogen (secondary N) is 1. The van der Waals surface area contributed by atoms with Gasteiger partial charge in [0.1, 0.15) is 0 Å². The molecule has 142 valence electrons. The third-order valence-corrected chi connectivity index (χ3v) is 6.04. The van der Waals surface area contributed by atoms with E-state index in [0.29, 0.717) is 5.69 Å². The van der Waals surface area contributed by atoms with Gasteiger partial charge in [-0.15, -0.1) is 11.8 Å². The summed E-state index contributed by atoms with van der Waals surface area (Å²) in [4.78, 5) is 35.7. The number of hydrogen-bond donors (Lipinski definition) is 3. The van der Waals surface area contributed by atoms with Crippen molar-refractivity contribution in [3.05, 3.63) is 55.5 Å². The van der Waals surface area contributed by atoms with Crippen LogP contribution in [0.4, 0.5) is 5.69 Å². The summed E-state index contributed by atoms with van der Waals surface area (Å²) in [5, 5.41) is 10.7. The van der Waals surface area contributed by atoms with E-state index < -0.39 is 28.9 Å². The fraction of sp³-hybridized carbons (Fsp3) is 0.0625. The molecule has 2 rings (SSSR count). The SMILES string of the molecule is NC(=O)CSc1ccc(NC(=O)c2c(Cl)c(Cl)c(Cl)c(Cl)c2C(=O)O)cc1. The standard InChI is InChI=1S/C16H10Cl4N2O4S/c17-11-9(10(16(25)26)12(18)14(20)13(11)19)15(24)22-6-1-3-7(4-2-6)27-5-8(21)23/h1-4H,5H2,(H2,21,23)(H,22,24)(H,25,26). The van der Waals surface area contributed by atoms with Crippen molar-refractivity contribution in [2.45, 2.75) is 4.90 Å². The highest BCUT2D eigenvalue weighted by atomic mass is 35.5. The van der Waals surface area contributed by atoms with Crippen molar-refractivity contribution in [2.24, 2.45) is 5.73 Å². The van der Waals surface area contributed by atoms with Crippen molar-refractivity contribution in [3.63, 3.8) is 0 Å². The first kappa shape index (κ1) is 21.7. The van der Waals surface area contributed by atoms with Crippen molar-refractivity contribution in [2.75, 3.05) is 11.1 Å². The second-order valence-electron chi connectivity index (χ2n) is 5.04. The van der Waals surface area contributed by atoms with Gasteiger partial charge in [0.25, 0.3) is 5.91 Å². The van der Waals surface area contributed by atoms with Gasteiger partial charge in [-0.2, -0.15) is 0 Å². The monoisotopic (exact) mass is 466 g/mol. The maximum atomic E-state index is 12.6. The van der Waals surface area contributed by atoms with E-state index in [-0.39, 0.29) is 25.8 Å². The Bertz CT molecular complexity index is 935. The average molecular weight is 468 g/mol. The Morgan fingerprint density at radius 1 is 0.926 bits per heavy atom. The van der Waals surface area contributed by atoms with Crippen LogP contribution in [0.3, 0.4) is 0 Å². The molecule has 6 nitrogen and oxygen atoms in total. The van der Waals surface area contributed by atoms with Crippen LogP contribution >= 0.6 is 58.2 Å². The molecule has 0 saturated carbocycles. The Hall–Kier alpha value is -1.64. The van der Waals surface area contributed by atoms with E-state index in [2.05, 4.69) is 5.32 Å². The average Bonchev–Trinajstić information content (AvgIpc) is 2.61. The predicted molar refractivity (Wildman–Crippen MR) is 108 cm³/mol. The number of nitrogens with two attached hydrogens (primary N) is 1. The van der Waals surface area contributed by atoms with Crippen molar-refractivity contribution in [1.29, 1.82) is 0 Å². The van der Waals surface area contributed by atoms with Gasteiger partial charge in [-0.05, 0) is 24.3 Å². The summed E-state index contributed by atoms with van der Waals surface area (Å²) in [7, 11) is 0. The number of hydrogen-bond acceptors (Lipinski definition) is 4. The number of aromatic carboxylic acids is 1. The lowest BCUT2D eigenvalue weighted by molar-refractivity contribution is -0.115. The normalized spacial score (nSPS) is 10.5. The summed E-state index contributed by atoms with van der Waals surface area (Å²) >= 11 is 25.0. The van der Waals surface area contributed by atoms with Gasteiger partial charge in [0, 0.05) is 10.6 Å². The predicted octanol–water partition coefficient (Wildman–Crippen LogP) is 4.83. The molecule has 2 aromatic carbocycles. The van der Waals surface area contributed by atoms with Crippen molar-refractivity contribution < 1.29 is 19.5 Å². The number of anilines is 1. The minimum Gasteiger partial charge on any atom is -0.478 e. The molecular formula is C16H10Cl4N2O4S. The smallest absolute Gasteiger partial charge is 0.338 e. The highest BCUT2D eigenvalue weighted by Gasteiger charge is 2.28. The van der Waals surface area contributed by atoms with Crippen molar-refractivity contribution >= 4 is 81.6 Å². The lowest BCUT2D eigenvalue weighted by Crippen LogP contribution is -2.18. The van der Waals surface area contributed by atoms with Crippen LogP contribution in [0.5, 0.6) is 0 Å². The molecule has 0 radical (unpaired) electrons. The van der Waals surface area contributed by atoms with E-state index in [1.54, 1.807) is 24.3 Å². The molecule has 4 N–H and O–H groups in total. The van der Waals surface area contributed by atoms with E-state index in [0.717, 1.165) is 4.90 Å². The summed E-state index contributed by atoms with van der Waals surface area (Å²) in [5.41, 5.74) is 4.48. The number of rotatable bonds is 6. The molecule has 0 bridgehead atoms. The zero-order valence-electron chi connectivity index (χ0n) is 13.2. The highest BCUT2D eigenvalue weighted by molar-refractivity contribution is 8.00. The summed E-state index contributed by atoms with van der Waals surface area (Å²) in [6.45, 7) is 0. The Labute approximate surface area is 177 Å². The Kier molecular flexibility index (Phi) is 7.25. The van der Waals surface area contributed by atoms with E-state index in [9.17, 15) is 19.5 Å². The summed E-state index contributed by atoms with van der Waals surface area (Å²) in [5.74, 6) is -2.64. The van der Waals surface area contributed by atoms with Crippen LogP contribution in [0.1, 0.15) is 20.7 Å². The first-order valence-corrected chi connectivity index (χ1v) is 9.55. The lowest BCUT2D eigenvalue weighted by atomic mass is 10.1. The van der Waals surface area contributed by atoms with Gasteiger partial charge >= 0.3 is 5.97 Å². The zero-order valence-corrected chi connectivity index (χ0v) is 17.0. The van der Waals surface area contributed by atoms with E-state index in [4.69, 9.17) is 52.1 Å². The second-order valence-corrected chi connectivity index (χ2v) is 7.61. The van der Waals surface area contributed by atoms with Gasteiger partial charge in [0.15, 0.2) is 0 Å². The number of amides is 2. The van der Waals surface area contributed by atoms with E-state index in [1.807, 2.05) is 0 Å². The Morgan fingerprint density at radius 3 is 1.93 bits per heavy atom. The van der Waals surface area contributed by atoms with Gasteiger partial charge in [-0.3, -0.25) is 9.59 Å². The quantitative estimate of drug-likeness (QED) is 0.320.